The van der Waals surface area contributed by atoms with Crippen LogP contribution >= 0.6 is 0 Å². The highest BCUT2D eigenvalue weighted by Crippen LogP contribution is 2.43. The number of urea groups is 1. The number of aliphatic hydroxyl groups is 1. The number of carbonyl (C=O) groups is 1. The van der Waals surface area contributed by atoms with E-state index in [1.54, 1.807) is 0 Å². The van der Waals surface area contributed by atoms with Crippen molar-refractivity contribution in [2.75, 3.05) is 26.2 Å². The largest absolute Gasteiger partial charge is 0.396 e. The predicted octanol–water partition coefficient (Wildman–Crippen LogP) is 3.30. The Balaban J connectivity index is 1.54. The molecule has 1 saturated carbocycles. The zero-order chi connectivity index (χ0) is 17.0. The average molecular weight is 330 g/mol. The Morgan fingerprint density at radius 3 is 2.33 bits per heavy atom. The summed E-state index contributed by atoms with van der Waals surface area (Å²) < 4.78 is 0. The highest BCUT2D eigenvalue weighted by Gasteiger charge is 2.39. The molecule has 4 nitrogen and oxygen atoms in total. The van der Waals surface area contributed by atoms with Gasteiger partial charge in [0.25, 0.3) is 0 Å². The second-order valence-electron chi connectivity index (χ2n) is 7.66. The van der Waals surface area contributed by atoms with Crippen LogP contribution in [0.1, 0.15) is 51.0 Å². The molecule has 0 aromatic heterocycles. The topological polar surface area (TPSA) is 52.6 Å². The van der Waals surface area contributed by atoms with Crippen LogP contribution < -0.4 is 5.32 Å². The van der Waals surface area contributed by atoms with E-state index in [1.807, 2.05) is 11.0 Å². The molecule has 2 aliphatic rings. The molecule has 24 heavy (non-hydrogen) atoms. The van der Waals surface area contributed by atoms with Crippen molar-refractivity contribution in [3.8, 4) is 0 Å². The fourth-order valence-corrected chi connectivity index (χ4v) is 4.13. The van der Waals surface area contributed by atoms with Crippen LogP contribution in [0.25, 0.3) is 0 Å². The summed E-state index contributed by atoms with van der Waals surface area (Å²) in [6, 6.07) is 10.6. The third-order valence-corrected chi connectivity index (χ3v) is 6.47. The van der Waals surface area contributed by atoms with Gasteiger partial charge >= 0.3 is 6.03 Å². The maximum absolute atomic E-state index is 12.6. The zero-order valence-corrected chi connectivity index (χ0v) is 14.8. The number of likely N-dealkylation sites (tertiary alicyclic amines) is 1. The molecule has 3 rings (SSSR count). The molecule has 1 heterocycles. The van der Waals surface area contributed by atoms with Crippen molar-refractivity contribution in [3.05, 3.63) is 35.9 Å². The number of carbonyl (C=O) groups excluding carboxylic acids is 1. The van der Waals surface area contributed by atoms with Crippen LogP contribution in [0.4, 0.5) is 4.79 Å². The summed E-state index contributed by atoms with van der Waals surface area (Å²) in [5.74, 6) is 0. The van der Waals surface area contributed by atoms with E-state index >= 15 is 0 Å². The van der Waals surface area contributed by atoms with Crippen LogP contribution in [0.15, 0.2) is 30.3 Å². The van der Waals surface area contributed by atoms with Crippen molar-refractivity contribution in [2.24, 2.45) is 5.41 Å². The molecule has 1 aromatic rings. The minimum atomic E-state index is 0.0238. The fourth-order valence-electron chi connectivity index (χ4n) is 4.13. The number of nitrogens with one attached hydrogen (secondary N) is 1. The van der Waals surface area contributed by atoms with E-state index in [0.29, 0.717) is 0 Å². The number of rotatable bonds is 5. The highest BCUT2D eigenvalue weighted by atomic mass is 16.3. The first-order chi connectivity index (χ1) is 11.6. The number of nitrogens with zero attached hydrogens (tertiary/aromatic N) is 1. The van der Waals surface area contributed by atoms with Crippen molar-refractivity contribution >= 4 is 6.03 Å². The Hall–Kier alpha value is -1.55. The van der Waals surface area contributed by atoms with E-state index in [1.165, 1.54) is 12.0 Å². The van der Waals surface area contributed by atoms with Gasteiger partial charge in [0.05, 0.1) is 0 Å². The predicted molar refractivity (Wildman–Crippen MR) is 96.0 cm³/mol. The minimum Gasteiger partial charge on any atom is -0.396 e. The number of piperidine rings is 1. The summed E-state index contributed by atoms with van der Waals surface area (Å²) in [7, 11) is 0. The normalized spacial score (nSPS) is 21.8. The number of hydrogen-bond acceptors (Lipinski definition) is 2. The standard InChI is InChI=1S/C20H30N2O2/c1-2-19(16-23)11-13-22(14-12-19)18(24)21-15-20(9-6-10-20)17-7-4-3-5-8-17/h3-5,7-8,23H,2,6,9-16H2,1H3,(H,21,24). The molecular formula is C20H30N2O2. The lowest BCUT2D eigenvalue weighted by molar-refractivity contribution is 0.0514. The van der Waals surface area contributed by atoms with Crippen molar-refractivity contribution in [2.45, 2.75) is 50.9 Å². The summed E-state index contributed by atoms with van der Waals surface area (Å²) in [6.07, 6.45) is 6.33. The molecule has 0 spiro atoms. The third kappa shape index (κ3) is 3.30. The van der Waals surface area contributed by atoms with Crippen LogP contribution in [0.2, 0.25) is 0 Å². The number of benzene rings is 1. The van der Waals surface area contributed by atoms with E-state index in [2.05, 4.69) is 36.5 Å². The first-order valence-corrected chi connectivity index (χ1v) is 9.32. The highest BCUT2D eigenvalue weighted by molar-refractivity contribution is 5.74. The second kappa shape index (κ2) is 7.14. The number of amides is 2. The molecule has 0 bridgehead atoms. The van der Waals surface area contributed by atoms with Gasteiger partial charge in [-0.2, -0.15) is 0 Å². The molecule has 0 atom stereocenters. The second-order valence-corrected chi connectivity index (χ2v) is 7.66. The average Bonchev–Trinajstić information content (AvgIpc) is 2.61. The molecule has 2 amide bonds. The van der Waals surface area contributed by atoms with E-state index in [9.17, 15) is 9.90 Å². The van der Waals surface area contributed by atoms with Crippen molar-refractivity contribution < 1.29 is 9.90 Å². The van der Waals surface area contributed by atoms with Gasteiger partial charge in [0.2, 0.25) is 0 Å². The molecule has 2 N–H and O–H groups in total. The Bertz CT molecular complexity index is 540. The van der Waals surface area contributed by atoms with Crippen molar-refractivity contribution in [3.63, 3.8) is 0 Å². The van der Waals surface area contributed by atoms with Gasteiger partial charge in [-0.25, -0.2) is 4.79 Å². The summed E-state index contributed by atoms with van der Waals surface area (Å²) >= 11 is 0. The van der Waals surface area contributed by atoms with Gasteiger partial charge in [-0.05, 0) is 43.1 Å². The summed E-state index contributed by atoms with van der Waals surface area (Å²) in [5.41, 5.74) is 1.50. The lowest BCUT2D eigenvalue weighted by Crippen LogP contribution is -2.52. The van der Waals surface area contributed by atoms with Gasteiger partial charge in [-0.15, -0.1) is 0 Å². The molecule has 4 heteroatoms. The SMILES string of the molecule is CCC1(CO)CCN(C(=O)NCC2(c3ccccc3)CCC2)CC1. The smallest absolute Gasteiger partial charge is 0.317 e. The van der Waals surface area contributed by atoms with E-state index in [-0.39, 0.29) is 23.5 Å². The van der Waals surface area contributed by atoms with Crippen LogP contribution in [0.5, 0.6) is 0 Å². The van der Waals surface area contributed by atoms with Crippen LogP contribution in [-0.4, -0.2) is 42.3 Å². The quantitative estimate of drug-likeness (QED) is 0.870. The van der Waals surface area contributed by atoms with Gasteiger partial charge in [-0.1, -0.05) is 43.7 Å². The van der Waals surface area contributed by atoms with Crippen molar-refractivity contribution in [1.82, 2.24) is 10.2 Å². The molecule has 0 radical (unpaired) electrons. The molecular weight excluding hydrogens is 300 g/mol. The zero-order valence-electron chi connectivity index (χ0n) is 14.8. The maximum atomic E-state index is 12.6. The summed E-state index contributed by atoms with van der Waals surface area (Å²) in [5, 5.41) is 12.8. The number of aliphatic hydroxyl groups excluding tert-OH is 1. The Kier molecular flexibility index (Phi) is 5.14. The van der Waals surface area contributed by atoms with Crippen molar-refractivity contribution in [1.29, 1.82) is 0 Å². The monoisotopic (exact) mass is 330 g/mol. The third-order valence-electron chi connectivity index (χ3n) is 6.47. The van der Waals surface area contributed by atoms with Crippen LogP contribution in [0, 0.1) is 5.41 Å². The Morgan fingerprint density at radius 1 is 1.17 bits per heavy atom. The van der Waals surface area contributed by atoms with E-state index in [4.69, 9.17) is 0 Å². The first kappa shape index (κ1) is 17.3. The lowest BCUT2D eigenvalue weighted by Gasteiger charge is -2.44. The Morgan fingerprint density at radius 2 is 1.83 bits per heavy atom. The maximum Gasteiger partial charge on any atom is 0.317 e. The molecule has 0 unspecified atom stereocenters. The molecule has 2 fully saturated rings. The molecule has 1 aliphatic carbocycles. The minimum absolute atomic E-state index is 0.0238. The van der Waals surface area contributed by atoms with Crippen LogP contribution in [-0.2, 0) is 5.41 Å². The fraction of sp³-hybridized carbons (Fsp3) is 0.650. The van der Waals surface area contributed by atoms with Gasteiger partial charge in [0.15, 0.2) is 0 Å². The molecule has 1 aromatic carbocycles. The van der Waals surface area contributed by atoms with E-state index < -0.39 is 0 Å². The molecule has 1 aliphatic heterocycles. The molecule has 132 valence electrons. The molecule has 1 saturated heterocycles. The van der Waals surface area contributed by atoms with Gasteiger partial charge in [0.1, 0.15) is 0 Å². The number of hydrogen-bond donors (Lipinski definition) is 2. The first-order valence-electron chi connectivity index (χ1n) is 9.32. The van der Waals surface area contributed by atoms with Gasteiger partial charge in [0, 0.05) is 31.7 Å². The summed E-state index contributed by atoms with van der Waals surface area (Å²) in [6.45, 7) is 4.59. The Labute approximate surface area is 145 Å². The van der Waals surface area contributed by atoms with Gasteiger partial charge < -0.3 is 15.3 Å². The van der Waals surface area contributed by atoms with E-state index in [0.717, 1.165) is 51.7 Å². The van der Waals surface area contributed by atoms with Crippen LogP contribution in [0.3, 0.4) is 0 Å². The lowest BCUT2D eigenvalue weighted by atomic mass is 9.64. The summed E-state index contributed by atoms with van der Waals surface area (Å²) in [4.78, 5) is 14.5. The van der Waals surface area contributed by atoms with Gasteiger partial charge in [-0.3, -0.25) is 0 Å².